The van der Waals surface area contributed by atoms with Crippen LogP contribution >= 0.6 is 23.4 Å². The molecule has 0 radical (unpaired) electrons. The molecule has 0 saturated heterocycles. The van der Waals surface area contributed by atoms with E-state index < -0.39 is 12.2 Å². The summed E-state index contributed by atoms with van der Waals surface area (Å²) in [5.41, 5.74) is 4.65. The number of thioether (sulfide) groups is 1. The minimum Gasteiger partial charge on any atom is -0.465 e. The molecule has 1 N–H and O–H groups in total. The van der Waals surface area contributed by atoms with Crippen molar-refractivity contribution in [1.82, 2.24) is 15.2 Å². The summed E-state index contributed by atoms with van der Waals surface area (Å²) in [7, 11) is 1.36. The molecule has 1 atom stereocenters. The molecule has 5 rings (SSSR count). The zero-order chi connectivity index (χ0) is 23.5. The molecule has 0 saturated carbocycles. The van der Waals surface area contributed by atoms with E-state index in [1.165, 1.54) is 18.9 Å². The quantitative estimate of drug-likeness (QED) is 0.278. The Kier molecular flexibility index (Phi) is 6.33. The largest absolute Gasteiger partial charge is 0.465 e. The molecule has 170 valence electrons. The second kappa shape index (κ2) is 9.70. The van der Waals surface area contributed by atoms with Gasteiger partial charge in [-0.25, -0.2) is 4.79 Å². The Bertz CT molecular complexity index is 1330. The van der Waals surface area contributed by atoms with Gasteiger partial charge in [0.05, 0.1) is 12.7 Å². The van der Waals surface area contributed by atoms with Crippen LogP contribution in [-0.4, -0.2) is 28.3 Å². The van der Waals surface area contributed by atoms with E-state index in [0.29, 0.717) is 33.1 Å². The first-order valence-corrected chi connectivity index (χ1v) is 11.8. The number of fused-ring (bicyclic) bond motifs is 3. The van der Waals surface area contributed by atoms with Crippen molar-refractivity contribution >= 4 is 35.0 Å². The Labute approximate surface area is 205 Å². The molecule has 0 bridgehead atoms. The number of esters is 1. The lowest BCUT2D eigenvalue weighted by atomic mass is 10.1. The van der Waals surface area contributed by atoms with Gasteiger partial charge in [0.25, 0.3) is 0 Å². The van der Waals surface area contributed by atoms with Gasteiger partial charge < -0.3 is 14.8 Å². The smallest absolute Gasteiger partial charge is 0.337 e. The van der Waals surface area contributed by atoms with Crippen LogP contribution < -0.4 is 10.1 Å². The van der Waals surface area contributed by atoms with Crippen molar-refractivity contribution < 1.29 is 14.3 Å². The van der Waals surface area contributed by atoms with Crippen molar-refractivity contribution in [3.63, 3.8) is 0 Å². The molecule has 4 aromatic rings. The monoisotopic (exact) mass is 490 g/mol. The molecule has 0 spiro atoms. The molecular weight excluding hydrogens is 472 g/mol. The maximum atomic E-state index is 11.8. The lowest BCUT2D eigenvalue weighted by Crippen LogP contribution is -2.17. The van der Waals surface area contributed by atoms with Crippen LogP contribution in [0.4, 0.5) is 5.69 Å². The topological polar surface area (TPSA) is 86.2 Å². The third-order valence-corrected chi connectivity index (χ3v) is 6.41. The summed E-state index contributed by atoms with van der Waals surface area (Å²) in [6.45, 7) is 0. The number of anilines is 1. The Morgan fingerprint density at radius 2 is 1.82 bits per heavy atom. The van der Waals surface area contributed by atoms with Gasteiger partial charge in [-0.3, -0.25) is 0 Å². The summed E-state index contributed by atoms with van der Waals surface area (Å²) >= 11 is 7.44. The fraction of sp³-hybridized carbons (Fsp3) is 0.120. The van der Waals surface area contributed by atoms with Gasteiger partial charge in [0.2, 0.25) is 11.0 Å². The highest BCUT2D eigenvalue weighted by Crippen LogP contribution is 2.39. The highest BCUT2D eigenvalue weighted by molar-refractivity contribution is 7.98. The van der Waals surface area contributed by atoms with Crippen molar-refractivity contribution in [1.29, 1.82) is 0 Å². The molecule has 1 aromatic heterocycles. The van der Waals surface area contributed by atoms with Crippen molar-refractivity contribution in [2.24, 2.45) is 0 Å². The van der Waals surface area contributed by atoms with Crippen molar-refractivity contribution in [3.8, 4) is 17.1 Å². The second-order valence-corrected chi connectivity index (χ2v) is 8.84. The number of para-hydroxylation sites is 1. The number of benzene rings is 3. The number of carbonyl (C=O) groups is 1. The van der Waals surface area contributed by atoms with Gasteiger partial charge in [0.15, 0.2) is 11.9 Å². The van der Waals surface area contributed by atoms with Gasteiger partial charge in [-0.05, 0) is 35.9 Å². The van der Waals surface area contributed by atoms with E-state index in [1.54, 1.807) is 12.1 Å². The molecule has 34 heavy (non-hydrogen) atoms. The van der Waals surface area contributed by atoms with Crippen LogP contribution in [0, 0.1) is 0 Å². The van der Waals surface area contributed by atoms with Crippen LogP contribution in [0.5, 0.6) is 5.88 Å². The van der Waals surface area contributed by atoms with E-state index in [9.17, 15) is 4.79 Å². The van der Waals surface area contributed by atoms with Crippen molar-refractivity contribution in [3.05, 3.63) is 94.5 Å². The molecule has 1 aliphatic rings. The van der Waals surface area contributed by atoms with Crippen LogP contribution in [0.1, 0.15) is 27.7 Å². The van der Waals surface area contributed by atoms with Crippen LogP contribution in [0.15, 0.2) is 78.0 Å². The SMILES string of the molecule is COC(=O)c1ccc([C@H]2Nc3ccccc3-c3nnc(SCc4ccc(Cl)cc4)nc3O2)cc1. The Balaban J connectivity index is 1.45. The van der Waals surface area contributed by atoms with Crippen LogP contribution in [-0.2, 0) is 10.5 Å². The van der Waals surface area contributed by atoms with E-state index >= 15 is 0 Å². The summed E-state index contributed by atoms with van der Waals surface area (Å²) < 4.78 is 11.1. The summed E-state index contributed by atoms with van der Waals surface area (Å²) in [6, 6.07) is 22.5. The van der Waals surface area contributed by atoms with E-state index in [0.717, 1.165) is 22.4 Å². The van der Waals surface area contributed by atoms with Crippen LogP contribution in [0.25, 0.3) is 11.3 Å². The predicted molar refractivity (Wildman–Crippen MR) is 131 cm³/mol. The normalized spacial score (nSPS) is 14.1. The number of halogens is 1. The molecule has 3 aromatic carbocycles. The average Bonchev–Trinajstić information content (AvgIpc) is 3.04. The first-order valence-electron chi connectivity index (χ1n) is 10.4. The standard InChI is InChI=1S/C25H19ClN4O3S/c1-32-24(31)17-10-8-16(9-11-17)22-27-20-5-3-2-4-19(20)21-23(33-22)28-25(30-29-21)34-14-15-6-12-18(26)13-7-15/h2-13,22,27H,14H2,1H3/t22-/m0/s1. The van der Waals surface area contributed by atoms with Gasteiger partial charge in [0, 0.05) is 27.6 Å². The van der Waals surface area contributed by atoms with Crippen LogP contribution in [0.3, 0.4) is 0 Å². The van der Waals surface area contributed by atoms with E-state index in [4.69, 9.17) is 21.1 Å². The second-order valence-electron chi connectivity index (χ2n) is 7.46. The fourth-order valence-electron chi connectivity index (χ4n) is 3.50. The van der Waals surface area contributed by atoms with E-state index in [2.05, 4.69) is 20.5 Å². The molecule has 0 aliphatic carbocycles. The van der Waals surface area contributed by atoms with Gasteiger partial charge in [-0.2, -0.15) is 4.98 Å². The molecule has 9 heteroatoms. The maximum Gasteiger partial charge on any atom is 0.337 e. The first kappa shape index (κ1) is 22.2. The Morgan fingerprint density at radius 3 is 2.59 bits per heavy atom. The van der Waals surface area contributed by atoms with E-state index in [-0.39, 0.29) is 0 Å². The molecule has 0 unspecified atom stereocenters. The summed E-state index contributed by atoms with van der Waals surface area (Å²) in [6.07, 6.45) is -0.542. The number of nitrogens with one attached hydrogen (secondary N) is 1. The van der Waals surface area contributed by atoms with Gasteiger partial charge >= 0.3 is 5.97 Å². The highest BCUT2D eigenvalue weighted by Gasteiger charge is 2.26. The van der Waals surface area contributed by atoms with E-state index in [1.807, 2.05) is 60.7 Å². The number of methoxy groups -OCH3 is 1. The Hall–Kier alpha value is -3.62. The van der Waals surface area contributed by atoms with Crippen molar-refractivity contribution in [2.45, 2.75) is 17.1 Å². The maximum absolute atomic E-state index is 11.8. The number of hydrogen-bond acceptors (Lipinski definition) is 8. The number of aromatic nitrogens is 3. The van der Waals surface area contributed by atoms with Crippen molar-refractivity contribution in [2.75, 3.05) is 12.4 Å². The lowest BCUT2D eigenvalue weighted by Gasteiger charge is -2.19. The first-order chi connectivity index (χ1) is 16.6. The lowest BCUT2D eigenvalue weighted by molar-refractivity contribution is 0.0600. The minimum atomic E-state index is -0.542. The third-order valence-electron chi connectivity index (χ3n) is 5.25. The number of ether oxygens (including phenoxy) is 2. The average molecular weight is 491 g/mol. The molecule has 0 amide bonds. The predicted octanol–water partition coefficient (Wildman–Crippen LogP) is 5.77. The van der Waals surface area contributed by atoms with Gasteiger partial charge in [0.1, 0.15) is 0 Å². The molecule has 0 fully saturated rings. The van der Waals surface area contributed by atoms with Gasteiger partial charge in [-0.15, -0.1) is 10.2 Å². The molecule has 7 nitrogen and oxygen atoms in total. The zero-order valence-corrected chi connectivity index (χ0v) is 19.6. The molecular formula is C25H19ClN4O3S. The molecule has 2 heterocycles. The van der Waals surface area contributed by atoms with Crippen LogP contribution in [0.2, 0.25) is 5.02 Å². The number of rotatable bonds is 5. The number of hydrogen-bond donors (Lipinski definition) is 1. The van der Waals surface area contributed by atoms with Gasteiger partial charge in [-0.1, -0.05) is 65.8 Å². The number of carbonyl (C=O) groups excluding carboxylic acids is 1. The Morgan fingerprint density at radius 1 is 1.06 bits per heavy atom. The minimum absolute atomic E-state index is 0.383. The number of nitrogens with zero attached hydrogens (tertiary/aromatic N) is 3. The molecule has 1 aliphatic heterocycles. The zero-order valence-electron chi connectivity index (χ0n) is 18.1. The summed E-state index contributed by atoms with van der Waals surface area (Å²) in [4.78, 5) is 16.5. The third kappa shape index (κ3) is 4.69. The summed E-state index contributed by atoms with van der Waals surface area (Å²) in [5, 5.41) is 13.4. The fourth-order valence-corrected chi connectivity index (χ4v) is 4.36. The summed E-state index contributed by atoms with van der Waals surface area (Å²) in [5.74, 6) is 0.662. The highest BCUT2D eigenvalue weighted by atomic mass is 35.5.